The van der Waals surface area contributed by atoms with Gasteiger partial charge in [0.1, 0.15) is 11.5 Å². The van der Waals surface area contributed by atoms with E-state index in [1.165, 1.54) is 12.8 Å². The van der Waals surface area contributed by atoms with E-state index in [4.69, 9.17) is 4.42 Å². The molecule has 2 aliphatic rings. The van der Waals surface area contributed by atoms with Gasteiger partial charge < -0.3 is 14.6 Å². The van der Waals surface area contributed by atoms with Crippen LogP contribution in [0.25, 0.3) is 11.3 Å². The molecule has 2 heterocycles. The van der Waals surface area contributed by atoms with E-state index in [1.54, 1.807) is 6.92 Å². The van der Waals surface area contributed by atoms with E-state index in [1.807, 2.05) is 48.2 Å². The third kappa shape index (κ3) is 3.39. The molecule has 5 nitrogen and oxygen atoms in total. The summed E-state index contributed by atoms with van der Waals surface area (Å²) in [6, 6.07) is 11.4. The number of rotatable bonds is 4. The van der Waals surface area contributed by atoms with Crippen LogP contribution in [0.4, 0.5) is 0 Å². The van der Waals surface area contributed by atoms with E-state index in [0.29, 0.717) is 23.9 Å². The summed E-state index contributed by atoms with van der Waals surface area (Å²) in [7, 11) is 0. The number of hydrogen-bond donors (Lipinski definition) is 1. The smallest absolute Gasteiger partial charge is 0.251 e. The lowest BCUT2D eigenvalue weighted by molar-refractivity contribution is -0.128. The first kappa shape index (κ1) is 16.9. The van der Waals surface area contributed by atoms with Crippen LogP contribution >= 0.6 is 0 Å². The number of carbonyl (C=O) groups is 2. The maximum absolute atomic E-state index is 12.7. The highest BCUT2D eigenvalue weighted by atomic mass is 16.3. The summed E-state index contributed by atoms with van der Waals surface area (Å²) in [5.74, 6) is 2.71. The van der Waals surface area contributed by atoms with Gasteiger partial charge in [-0.2, -0.15) is 0 Å². The van der Waals surface area contributed by atoms with Gasteiger partial charge in [0, 0.05) is 37.1 Å². The van der Waals surface area contributed by atoms with Crippen LogP contribution in [0.2, 0.25) is 0 Å². The molecule has 2 atom stereocenters. The van der Waals surface area contributed by atoms with Gasteiger partial charge >= 0.3 is 0 Å². The zero-order chi connectivity index (χ0) is 18.3. The SMILES string of the molecule is CC(=O)N1C[C@@H](NC(=O)c2ccc(-c3ccc(C)o3)cc2)[C@H](C2CC2)C1. The lowest BCUT2D eigenvalue weighted by Gasteiger charge is -2.19. The number of amides is 2. The molecule has 1 saturated carbocycles. The van der Waals surface area contributed by atoms with Crippen LogP contribution in [0.15, 0.2) is 40.8 Å². The van der Waals surface area contributed by atoms with Crippen molar-refractivity contribution in [1.29, 1.82) is 0 Å². The van der Waals surface area contributed by atoms with Gasteiger partial charge in [0.2, 0.25) is 5.91 Å². The Morgan fingerprint density at radius 1 is 1.08 bits per heavy atom. The standard InChI is InChI=1S/C21H24N2O3/c1-13-3-10-20(26-13)16-6-8-17(9-7-16)21(25)22-19-12-23(14(2)24)11-18(19)15-4-5-15/h3,6-10,15,18-19H,4-5,11-12H2,1-2H3,(H,22,25)/t18-,19+/m0/s1. The van der Waals surface area contributed by atoms with Crippen molar-refractivity contribution in [3.8, 4) is 11.3 Å². The van der Waals surface area contributed by atoms with Crippen molar-refractivity contribution in [2.24, 2.45) is 11.8 Å². The second-order valence-corrected chi connectivity index (χ2v) is 7.49. The topological polar surface area (TPSA) is 62.6 Å². The van der Waals surface area contributed by atoms with Gasteiger partial charge in [0.25, 0.3) is 5.91 Å². The van der Waals surface area contributed by atoms with Crippen molar-refractivity contribution in [1.82, 2.24) is 10.2 Å². The largest absolute Gasteiger partial charge is 0.461 e. The predicted molar refractivity (Wildman–Crippen MR) is 98.6 cm³/mol. The van der Waals surface area contributed by atoms with Crippen molar-refractivity contribution >= 4 is 11.8 Å². The molecular formula is C21H24N2O3. The Hall–Kier alpha value is -2.56. The van der Waals surface area contributed by atoms with E-state index in [0.717, 1.165) is 23.6 Å². The normalized spacial score (nSPS) is 22.5. The van der Waals surface area contributed by atoms with Gasteiger partial charge in [-0.15, -0.1) is 0 Å². The second-order valence-electron chi connectivity index (χ2n) is 7.49. The number of aryl methyl sites for hydroxylation is 1. The lowest BCUT2D eigenvalue weighted by atomic mass is 9.97. The van der Waals surface area contributed by atoms with Gasteiger partial charge in [-0.05, 0) is 49.9 Å². The summed E-state index contributed by atoms with van der Waals surface area (Å²) < 4.78 is 5.62. The summed E-state index contributed by atoms with van der Waals surface area (Å²) in [6.45, 7) is 4.89. The molecule has 2 amide bonds. The number of likely N-dealkylation sites (tertiary alicyclic amines) is 1. The fraction of sp³-hybridized carbons (Fsp3) is 0.429. The summed E-state index contributed by atoms with van der Waals surface area (Å²) >= 11 is 0. The average molecular weight is 352 g/mol. The monoisotopic (exact) mass is 352 g/mol. The first-order valence-corrected chi connectivity index (χ1v) is 9.24. The van der Waals surface area contributed by atoms with Crippen LogP contribution in [-0.4, -0.2) is 35.8 Å². The third-order valence-electron chi connectivity index (χ3n) is 5.53. The van der Waals surface area contributed by atoms with E-state index < -0.39 is 0 Å². The molecule has 0 radical (unpaired) electrons. The summed E-state index contributed by atoms with van der Waals surface area (Å²) in [5, 5.41) is 3.16. The van der Waals surface area contributed by atoms with E-state index in [9.17, 15) is 9.59 Å². The number of carbonyl (C=O) groups excluding carboxylic acids is 2. The Bertz CT molecular complexity index is 820. The molecule has 2 fully saturated rings. The van der Waals surface area contributed by atoms with Crippen molar-refractivity contribution in [2.75, 3.05) is 13.1 Å². The molecule has 1 N–H and O–H groups in total. The van der Waals surface area contributed by atoms with Gasteiger partial charge in [-0.3, -0.25) is 9.59 Å². The lowest BCUT2D eigenvalue weighted by Crippen LogP contribution is -2.41. The highest BCUT2D eigenvalue weighted by Crippen LogP contribution is 2.41. The molecule has 5 heteroatoms. The van der Waals surface area contributed by atoms with Gasteiger partial charge in [-0.1, -0.05) is 12.1 Å². The molecule has 2 aromatic rings. The summed E-state index contributed by atoms with van der Waals surface area (Å²) in [6.07, 6.45) is 2.42. The fourth-order valence-corrected chi connectivity index (χ4v) is 3.87. The van der Waals surface area contributed by atoms with Crippen molar-refractivity contribution in [3.05, 3.63) is 47.7 Å². The Kier molecular flexibility index (Phi) is 4.31. The first-order valence-electron chi connectivity index (χ1n) is 9.24. The second kappa shape index (κ2) is 6.63. The minimum atomic E-state index is -0.0757. The summed E-state index contributed by atoms with van der Waals surface area (Å²) in [5.41, 5.74) is 1.59. The van der Waals surface area contributed by atoms with Crippen LogP contribution in [0.3, 0.4) is 0 Å². The Balaban J connectivity index is 1.44. The van der Waals surface area contributed by atoms with Gasteiger partial charge in [0.05, 0.1) is 6.04 Å². The van der Waals surface area contributed by atoms with Gasteiger partial charge in [0.15, 0.2) is 0 Å². The molecule has 1 aromatic heterocycles. The van der Waals surface area contributed by atoms with Gasteiger partial charge in [-0.25, -0.2) is 0 Å². The quantitative estimate of drug-likeness (QED) is 0.919. The first-order chi connectivity index (χ1) is 12.5. The van der Waals surface area contributed by atoms with Crippen LogP contribution in [0, 0.1) is 18.8 Å². The molecular weight excluding hydrogens is 328 g/mol. The zero-order valence-corrected chi connectivity index (χ0v) is 15.2. The van der Waals surface area contributed by atoms with Crippen LogP contribution in [0.1, 0.15) is 35.9 Å². The predicted octanol–water partition coefficient (Wildman–Crippen LogP) is 3.24. The van der Waals surface area contributed by atoms with Crippen LogP contribution < -0.4 is 5.32 Å². The molecule has 26 heavy (non-hydrogen) atoms. The number of nitrogens with zero attached hydrogens (tertiary/aromatic N) is 1. The zero-order valence-electron chi connectivity index (χ0n) is 15.2. The minimum Gasteiger partial charge on any atom is -0.461 e. The maximum atomic E-state index is 12.7. The molecule has 0 unspecified atom stereocenters. The summed E-state index contributed by atoms with van der Waals surface area (Å²) in [4.78, 5) is 26.3. The molecule has 1 aliphatic carbocycles. The molecule has 0 spiro atoms. The van der Waals surface area contributed by atoms with Crippen LogP contribution in [-0.2, 0) is 4.79 Å². The highest BCUT2D eigenvalue weighted by Gasteiger charge is 2.43. The van der Waals surface area contributed by atoms with Crippen molar-refractivity contribution in [3.63, 3.8) is 0 Å². The molecule has 1 aromatic carbocycles. The van der Waals surface area contributed by atoms with E-state index >= 15 is 0 Å². The maximum Gasteiger partial charge on any atom is 0.251 e. The molecule has 4 rings (SSSR count). The highest BCUT2D eigenvalue weighted by molar-refractivity contribution is 5.95. The van der Waals surface area contributed by atoms with Crippen molar-refractivity contribution < 1.29 is 14.0 Å². The number of benzene rings is 1. The van der Waals surface area contributed by atoms with E-state index in [-0.39, 0.29) is 17.9 Å². The Morgan fingerprint density at radius 3 is 2.38 bits per heavy atom. The molecule has 1 saturated heterocycles. The number of hydrogen-bond acceptors (Lipinski definition) is 3. The number of furan rings is 1. The minimum absolute atomic E-state index is 0.0475. The molecule has 1 aliphatic heterocycles. The van der Waals surface area contributed by atoms with E-state index in [2.05, 4.69) is 5.32 Å². The number of nitrogens with one attached hydrogen (secondary N) is 1. The third-order valence-corrected chi connectivity index (χ3v) is 5.53. The van der Waals surface area contributed by atoms with Crippen molar-refractivity contribution in [2.45, 2.75) is 32.7 Å². The Morgan fingerprint density at radius 2 is 1.81 bits per heavy atom. The van der Waals surface area contributed by atoms with Crippen LogP contribution in [0.5, 0.6) is 0 Å². The molecule has 0 bridgehead atoms. The fourth-order valence-electron chi connectivity index (χ4n) is 3.87. The Labute approximate surface area is 153 Å². The average Bonchev–Trinajstić information content (AvgIpc) is 3.24. The molecule has 136 valence electrons.